The van der Waals surface area contributed by atoms with Crippen molar-refractivity contribution >= 4 is 35.2 Å². The lowest BCUT2D eigenvalue weighted by atomic mass is 10.2. The predicted molar refractivity (Wildman–Crippen MR) is 107 cm³/mol. The van der Waals surface area contributed by atoms with E-state index in [0.717, 1.165) is 5.56 Å². The summed E-state index contributed by atoms with van der Waals surface area (Å²) in [6, 6.07) is 15.5. The fourth-order valence-electron chi connectivity index (χ4n) is 2.20. The van der Waals surface area contributed by atoms with Crippen LogP contribution >= 0.6 is 0 Å². The molecule has 0 aromatic heterocycles. The van der Waals surface area contributed by atoms with Gasteiger partial charge in [0.05, 0.1) is 0 Å². The lowest BCUT2D eigenvalue weighted by Gasteiger charge is -2.13. The van der Waals surface area contributed by atoms with Crippen molar-refractivity contribution in [1.82, 2.24) is 5.32 Å². The molecule has 0 saturated heterocycles. The smallest absolute Gasteiger partial charge is 0.246 e. The molecule has 2 rings (SSSR count). The summed E-state index contributed by atoms with van der Waals surface area (Å²) < 4.78 is 0. The Labute approximate surface area is 158 Å². The van der Waals surface area contributed by atoms with Crippen molar-refractivity contribution in [2.75, 3.05) is 10.6 Å². The third kappa shape index (κ3) is 6.78. The van der Waals surface area contributed by atoms with Crippen molar-refractivity contribution in [3.8, 4) is 0 Å². The van der Waals surface area contributed by atoms with Gasteiger partial charge in [0, 0.05) is 23.9 Å². The summed E-state index contributed by atoms with van der Waals surface area (Å²) in [6.45, 7) is 3.38. The van der Waals surface area contributed by atoms with Crippen molar-refractivity contribution in [2.45, 2.75) is 26.3 Å². The maximum atomic E-state index is 12.2. The quantitative estimate of drug-likeness (QED) is 0.659. The number of hydrogen-bond acceptors (Lipinski definition) is 3. The Kier molecular flexibility index (Phi) is 7.31. The summed E-state index contributed by atoms with van der Waals surface area (Å²) in [4.78, 5) is 35.5. The largest absolute Gasteiger partial charge is 0.341 e. The zero-order valence-corrected chi connectivity index (χ0v) is 15.4. The van der Waals surface area contributed by atoms with Crippen LogP contribution in [-0.2, 0) is 14.4 Å². The lowest BCUT2D eigenvalue weighted by molar-refractivity contribution is -0.123. The van der Waals surface area contributed by atoms with Gasteiger partial charge in [0.25, 0.3) is 0 Å². The van der Waals surface area contributed by atoms with Crippen LogP contribution in [0.15, 0.2) is 60.7 Å². The Morgan fingerprint density at radius 1 is 0.926 bits per heavy atom. The van der Waals surface area contributed by atoms with Gasteiger partial charge in [-0.2, -0.15) is 0 Å². The third-order valence-electron chi connectivity index (χ3n) is 3.74. The van der Waals surface area contributed by atoms with Gasteiger partial charge in [-0.05, 0) is 42.8 Å². The number of benzene rings is 2. The van der Waals surface area contributed by atoms with Crippen molar-refractivity contribution in [3.05, 3.63) is 66.2 Å². The van der Waals surface area contributed by atoms with Gasteiger partial charge in [-0.3, -0.25) is 14.4 Å². The van der Waals surface area contributed by atoms with Gasteiger partial charge < -0.3 is 16.0 Å². The molecule has 27 heavy (non-hydrogen) atoms. The molecule has 3 N–H and O–H groups in total. The fraction of sp³-hybridized carbons (Fsp3) is 0.190. The van der Waals surface area contributed by atoms with Crippen LogP contribution in [-0.4, -0.2) is 23.8 Å². The van der Waals surface area contributed by atoms with E-state index in [0.29, 0.717) is 17.8 Å². The van der Waals surface area contributed by atoms with Crippen molar-refractivity contribution in [2.24, 2.45) is 0 Å². The highest BCUT2D eigenvalue weighted by atomic mass is 16.2. The first-order chi connectivity index (χ1) is 13.0. The van der Waals surface area contributed by atoms with E-state index in [1.807, 2.05) is 30.3 Å². The second kappa shape index (κ2) is 9.91. The number of carbonyl (C=O) groups excluding carboxylic acids is 3. The monoisotopic (exact) mass is 365 g/mol. The maximum Gasteiger partial charge on any atom is 0.246 e. The molecule has 3 amide bonds. The lowest BCUT2D eigenvalue weighted by Crippen LogP contribution is -2.40. The molecule has 0 bridgehead atoms. The Morgan fingerprint density at radius 3 is 2.11 bits per heavy atom. The standard InChI is InChI=1S/C21H23N3O3/c1-3-19(25)23-17-10-12-18(13-11-17)24-21(27)15(2)22-20(26)14-9-16-7-5-4-6-8-16/h4-15H,3H2,1-2H3,(H,22,26)(H,23,25)(H,24,27). The first kappa shape index (κ1) is 19.9. The van der Waals surface area contributed by atoms with Crippen LogP contribution in [0, 0.1) is 0 Å². The molecule has 0 heterocycles. The van der Waals surface area contributed by atoms with Crippen LogP contribution in [0.4, 0.5) is 11.4 Å². The van der Waals surface area contributed by atoms with Crippen LogP contribution in [0.2, 0.25) is 0 Å². The van der Waals surface area contributed by atoms with Crippen LogP contribution in [0.25, 0.3) is 6.08 Å². The number of carbonyl (C=O) groups is 3. The average molecular weight is 365 g/mol. The molecule has 0 spiro atoms. The molecule has 0 radical (unpaired) electrons. The third-order valence-corrected chi connectivity index (χ3v) is 3.74. The van der Waals surface area contributed by atoms with Gasteiger partial charge in [0.1, 0.15) is 6.04 Å². The molecule has 6 heteroatoms. The van der Waals surface area contributed by atoms with Gasteiger partial charge in [-0.1, -0.05) is 37.3 Å². The van der Waals surface area contributed by atoms with Gasteiger partial charge >= 0.3 is 0 Å². The van der Waals surface area contributed by atoms with E-state index in [-0.39, 0.29) is 17.7 Å². The first-order valence-corrected chi connectivity index (χ1v) is 8.72. The van der Waals surface area contributed by atoms with E-state index in [1.54, 1.807) is 44.2 Å². The highest BCUT2D eigenvalue weighted by Crippen LogP contribution is 2.14. The second-order valence-electron chi connectivity index (χ2n) is 5.94. The topological polar surface area (TPSA) is 87.3 Å². The van der Waals surface area contributed by atoms with E-state index >= 15 is 0 Å². The van der Waals surface area contributed by atoms with Crippen LogP contribution in [0.3, 0.4) is 0 Å². The van der Waals surface area contributed by atoms with E-state index in [9.17, 15) is 14.4 Å². The summed E-state index contributed by atoms with van der Waals surface area (Å²) in [7, 11) is 0. The van der Waals surface area contributed by atoms with Crippen LogP contribution in [0.5, 0.6) is 0 Å². The molecular formula is C21H23N3O3. The highest BCUT2D eigenvalue weighted by molar-refractivity contribution is 6.00. The summed E-state index contributed by atoms with van der Waals surface area (Å²) in [6.07, 6.45) is 3.47. The van der Waals surface area contributed by atoms with Gasteiger partial charge in [0.2, 0.25) is 17.7 Å². The molecule has 2 aromatic carbocycles. The molecule has 140 valence electrons. The minimum absolute atomic E-state index is 0.0772. The Hall–Kier alpha value is -3.41. The highest BCUT2D eigenvalue weighted by Gasteiger charge is 2.14. The Morgan fingerprint density at radius 2 is 1.52 bits per heavy atom. The number of amides is 3. The minimum Gasteiger partial charge on any atom is -0.341 e. The van der Waals surface area contributed by atoms with E-state index in [2.05, 4.69) is 16.0 Å². The molecule has 0 aliphatic rings. The molecule has 0 saturated carbocycles. The van der Waals surface area contributed by atoms with Gasteiger partial charge in [0.15, 0.2) is 0 Å². The zero-order chi connectivity index (χ0) is 19.6. The molecule has 0 fully saturated rings. The molecule has 1 unspecified atom stereocenters. The Bertz CT molecular complexity index is 814. The molecule has 6 nitrogen and oxygen atoms in total. The zero-order valence-electron chi connectivity index (χ0n) is 15.4. The number of nitrogens with one attached hydrogen (secondary N) is 3. The van der Waals surface area contributed by atoms with E-state index < -0.39 is 6.04 Å². The average Bonchev–Trinajstić information content (AvgIpc) is 2.68. The summed E-state index contributed by atoms with van der Waals surface area (Å²) in [5.41, 5.74) is 2.14. The summed E-state index contributed by atoms with van der Waals surface area (Å²) in [5, 5.41) is 8.08. The van der Waals surface area contributed by atoms with Gasteiger partial charge in [-0.15, -0.1) is 0 Å². The van der Waals surface area contributed by atoms with Gasteiger partial charge in [-0.25, -0.2) is 0 Å². The summed E-state index contributed by atoms with van der Waals surface area (Å²) >= 11 is 0. The number of rotatable bonds is 7. The van der Waals surface area contributed by atoms with E-state index in [1.165, 1.54) is 6.08 Å². The molecule has 2 aromatic rings. The van der Waals surface area contributed by atoms with Crippen LogP contribution in [0.1, 0.15) is 25.8 Å². The summed E-state index contributed by atoms with van der Waals surface area (Å²) in [5.74, 6) is -0.757. The minimum atomic E-state index is -0.697. The second-order valence-corrected chi connectivity index (χ2v) is 5.94. The SMILES string of the molecule is CCC(=O)Nc1ccc(NC(=O)C(C)NC(=O)C=Cc2ccccc2)cc1. The predicted octanol–water partition coefficient (Wildman–Crippen LogP) is 3.19. The normalized spacial score (nSPS) is 11.6. The van der Waals surface area contributed by atoms with Crippen LogP contribution < -0.4 is 16.0 Å². The first-order valence-electron chi connectivity index (χ1n) is 8.72. The molecule has 1 atom stereocenters. The fourth-order valence-corrected chi connectivity index (χ4v) is 2.20. The van der Waals surface area contributed by atoms with Crippen molar-refractivity contribution < 1.29 is 14.4 Å². The van der Waals surface area contributed by atoms with Crippen molar-refractivity contribution in [1.29, 1.82) is 0 Å². The number of anilines is 2. The van der Waals surface area contributed by atoms with Crippen molar-refractivity contribution in [3.63, 3.8) is 0 Å². The Balaban J connectivity index is 1.85. The maximum absolute atomic E-state index is 12.2. The molecular weight excluding hydrogens is 342 g/mol. The molecule has 0 aliphatic heterocycles. The number of hydrogen-bond donors (Lipinski definition) is 3. The molecule has 0 aliphatic carbocycles. The van der Waals surface area contributed by atoms with E-state index in [4.69, 9.17) is 0 Å².